The molecule has 1 aromatic rings. The number of hydrogen-bond acceptors (Lipinski definition) is 2. The summed E-state index contributed by atoms with van der Waals surface area (Å²) in [6.07, 6.45) is 2.16. The van der Waals surface area contributed by atoms with Crippen LogP contribution in [-0.2, 0) is 9.47 Å². The van der Waals surface area contributed by atoms with Crippen LogP contribution in [0.25, 0.3) is 0 Å². The van der Waals surface area contributed by atoms with E-state index in [0.717, 1.165) is 29.4 Å². The van der Waals surface area contributed by atoms with E-state index >= 15 is 0 Å². The highest BCUT2D eigenvalue weighted by Gasteiger charge is 2.10. The quantitative estimate of drug-likeness (QED) is 0.372. The van der Waals surface area contributed by atoms with E-state index in [2.05, 4.69) is 29.5 Å². The van der Waals surface area contributed by atoms with Crippen LogP contribution in [0.4, 0.5) is 4.39 Å². The predicted molar refractivity (Wildman–Crippen MR) is 79.7 cm³/mol. The van der Waals surface area contributed by atoms with Crippen molar-refractivity contribution in [2.24, 2.45) is 0 Å². The van der Waals surface area contributed by atoms with Gasteiger partial charge < -0.3 is 9.47 Å². The van der Waals surface area contributed by atoms with Gasteiger partial charge >= 0.3 is 0 Å². The monoisotopic (exact) mass is 366 g/mol. The Hall–Kier alpha value is -0.200. The van der Waals surface area contributed by atoms with Crippen LogP contribution in [0, 0.1) is 5.82 Å². The highest BCUT2D eigenvalue weighted by atomic mass is 127. The van der Waals surface area contributed by atoms with Gasteiger partial charge in [0.25, 0.3) is 0 Å². The molecule has 18 heavy (non-hydrogen) atoms. The van der Waals surface area contributed by atoms with Crippen LogP contribution in [0.15, 0.2) is 24.3 Å². The van der Waals surface area contributed by atoms with Crippen LogP contribution in [-0.4, -0.2) is 24.2 Å². The van der Waals surface area contributed by atoms with Crippen molar-refractivity contribution < 1.29 is 13.9 Å². The molecule has 0 bridgehead atoms. The van der Waals surface area contributed by atoms with E-state index in [0.29, 0.717) is 13.2 Å². The molecule has 0 saturated carbocycles. The van der Waals surface area contributed by atoms with Crippen molar-refractivity contribution >= 4 is 22.6 Å². The van der Waals surface area contributed by atoms with Crippen LogP contribution in [0.3, 0.4) is 0 Å². The lowest BCUT2D eigenvalue weighted by atomic mass is 10.1. The normalized spacial score (nSPS) is 12.6. The third-order valence-corrected chi connectivity index (χ3v) is 3.35. The first-order chi connectivity index (χ1) is 8.77. The third-order valence-electron chi connectivity index (χ3n) is 2.55. The first-order valence-electron chi connectivity index (χ1n) is 6.28. The topological polar surface area (TPSA) is 18.5 Å². The molecule has 0 amide bonds. The lowest BCUT2D eigenvalue weighted by Crippen LogP contribution is -2.11. The molecule has 2 nitrogen and oxygen atoms in total. The van der Waals surface area contributed by atoms with Crippen LogP contribution in [0.5, 0.6) is 0 Å². The minimum Gasteiger partial charge on any atom is -0.379 e. The van der Waals surface area contributed by atoms with Crippen LogP contribution < -0.4 is 0 Å². The highest BCUT2D eigenvalue weighted by molar-refractivity contribution is 14.1. The molecule has 0 radical (unpaired) electrons. The Labute approximate surface area is 122 Å². The van der Waals surface area contributed by atoms with Crippen molar-refractivity contribution in [1.82, 2.24) is 0 Å². The number of hydrogen-bond donors (Lipinski definition) is 0. The number of halogens is 2. The lowest BCUT2D eigenvalue weighted by Gasteiger charge is -2.16. The average molecular weight is 366 g/mol. The Balaban J connectivity index is 2.29. The molecule has 1 aromatic carbocycles. The van der Waals surface area contributed by atoms with E-state index in [-0.39, 0.29) is 11.9 Å². The summed E-state index contributed by atoms with van der Waals surface area (Å²) in [5.74, 6) is -0.217. The van der Waals surface area contributed by atoms with E-state index in [1.54, 1.807) is 6.07 Å². The van der Waals surface area contributed by atoms with Crippen molar-refractivity contribution in [2.45, 2.75) is 25.9 Å². The first kappa shape index (κ1) is 15.9. The maximum absolute atomic E-state index is 13.1. The minimum atomic E-state index is -0.217. The fraction of sp³-hybridized carbons (Fsp3) is 0.571. The molecular weight excluding hydrogens is 346 g/mol. The van der Waals surface area contributed by atoms with Crippen LogP contribution in [0.2, 0.25) is 0 Å². The van der Waals surface area contributed by atoms with Crippen LogP contribution >= 0.6 is 22.6 Å². The third kappa shape index (κ3) is 6.11. The van der Waals surface area contributed by atoms with E-state index in [9.17, 15) is 4.39 Å². The first-order valence-corrected chi connectivity index (χ1v) is 7.81. The summed E-state index contributed by atoms with van der Waals surface area (Å²) in [5.41, 5.74) is 0.887. The summed E-state index contributed by atoms with van der Waals surface area (Å²) in [7, 11) is 0. The van der Waals surface area contributed by atoms with Gasteiger partial charge in [0.15, 0.2) is 0 Å². The zero-order valence-electron chi connectivity index (χ0n) is 10.7. The maximum Gasteiger partial charge on any atom is 0.123 e. The molecule has 0 heterocycles. The Bertz CT molecular complexity index is 333. The Morgan fingerprint density at radius 3 is 2.78 bits per heavy atom. The van der Waals surface area contributed by atoms with E-state index in [1.807, 2.05) is 6.07 Å². The number of rotatable bonds is 9. The number of alkyl halides is 1. The van der Waals surface area contributed by atoms with Gasteiger partial charge in [-0.15, -0.1) is 0 Å². The van der Waals surface area contributed by atoms with Gasteiger partial charge in [0.05, 0.1) is 19.3 Å². The second kappa shape index (κ2) is 9.69. The second-order valence-electron chi connectivity index (χ2n) is 4.03. The van der Waals surface area contributed by atoms with Gasteiger partial charge in [-0.05, 0) is 24.1 Å². The summed E-state index contributed by atoms with van der Waals surface area (Å²) in [6, 6.07) is 6.58. The van der Waals surface area contributed by atoms with Gasteiger partial charge in [0.1, 0.15) is 5.82 Å². The van der Waals surface area contributed by atoms with Crippen molar-refractivity contribution in [3.05, 3.63) is 35.6 Å². The van der Waals surface area contributed by atoms with Gasteiger partial charge in [-0.3, -0.25) is 0 Å². The smallest absolute Gasteiger partial charge is 0.123 e. The van der Waals surface area contributed by atoms with E-state index in [4.69, 9.17) is 9.47 Å². The van der Waals surface area contributed by atoms with E-state index < -0.39 is 0 Å². The summed E-state index contributed by atoms with van der Waals surface area (Å²) in [5, 5.41) is 0. The summed E-state index contributed by atoms with van der Waals surface area (Å²) in [4.78, 5) is 0. The Morgan fingerprint density at radius 2 is 2.11 bits per heavy atom. The molecule has 4 heteroatoms. The van der Waals surface area contributed by atoms with Gasteiger partial charge in [0, 0.05) is 11.0 Å². The summed E-state index contributed by atoms with van der Waals surface area (Å²) >= 11 is 2.25. The minimum absolute atomic E-state index is 0.0592. The van der Waals surface area contributed by atoms with E-state index in [1.165, 1.54) is 12.1 Å². The zero-order valence-corrected chi connectivity index (χ0v) is 12.9. The molecule has 0 spiro atoms. The maximum atomic E-state index is 13.1. The van der Waals surface area contributed by atoms with Gasteiger partial charge in [-0.2, -0.15) is 0 Å². The fourth-order valence-electron chi connectivity index (χ4n) is 1.53. The molecule has 0 fully saturated rings. The highest BCUT2D eigenvalue weighted by Crippen LogP contribution is 2.20. The second-order valence-corrected chi connectivity index (χ2v) is 4.92. The molecule has 0 aromatic heterocycles. The number of benzene rings is 1. The molecule has 1 atom stereocenters. The number of unbranched alkanes of at least 4 members (excludes halogenated alkanes) is 1. The zero-order chi connectivity index (χ0) is 13.2. The van der Waals surface area contributed by atoms with Crippen molar-refractivity contribution in [1.29, 1.82) is 0 Å². The summed E-state index contributed by atoms with van der Waals surface area (Å²) < 4.78 is 25.1. The SMILES string of the molecule is CCCCOCCOC(CI)c1cccc(F)c1. The molecule has 1 rings (SSSR count). The predicted octanol–water partition coefficient (Wildman–Crippen LogP) is 4.14. The lowest BCUT2D eigenvalue weighted by molar-refractivity contribution is 0.0138. The van der Waals surface area contributed by atoms with Crippen LogP contribution in [0.1, 0.15) is 31.4 Å². The Kier molecular flexibility index (Phi) is 8.54. The number of ether oxygens (including phenoxy) is 2. The van der Waals surface area contributed by atoms with Crippen molar-refractivity contribution in [3.8, 4) is 0 Å². The largest absolute Gasteiger partial charge is 0.379 e. The molecular formula is C14H20FIO2. The van der Waals surface area contributed by atoms with Gasteiger partial charge in [0.2, 0.25) is 0 Å². The van der Waals surface area contributed by atoms with Gasteiger partial charge in [-0.1, -0.05) is 48.1 Å². The molecule has 0 aliphatic carbocycles. The molecule has 0 aliphatic heterocycles. The molecule has 1 unspecified atom stereocenters. The molecule has 102 valence electrons. The van der Waals surface area contributed by atoms with Crippen molar-refractivity contribution in [3.63, 3.8) is 0 Å². The molecule has 0 N–H and O–H groups in total. The standard InChI is InChI=1S/C14H20FIO2/c1-2-3-7-17-8-9-18-14(11-16)12-5-4-6-13(15)10-12/h4-6,10,14H,2-3,7-9,11H2,1H3. The fourth-order valence-corrected chi connectivity index (χ4v) is 2.30. The Morgan fingerprint density at radius 1 is 1.28 bits per heavy atom. The molecule has 0 saturated heterocycles. The average Bonchev–Trinajstić information content (AvgIpc) is 2.38. The van der Waals surface area contributed by atoms with Crippen molar-refractivity contribution in [2.75, 3.05) is 24.2 Å². The molecule has 0 aliphatic rings. The summed E-state index contributed by atoms with van der Waals surface area (Å²) in [6.45, 7) is 4.07. The van der Waals surface area contributed by atoms with Gasteiger partial charge in [-0.25, -0.2) is 4.39 Å².